The average molecular weight is 415 g/mol. The molecule has 0 amide bonds. The van der Waals surface area contributed by atoms with Gasteiger partial charge in [-0.2, -0.15) is 0 Å². The topological polar surface area (TPSA) is 74.6 Å². The molecule has 4 nitrogen and oxygen atoms in total. The van der Waals surface area contributed by atoms with Crippen LogP contribution in [0.25, 0.3) is 11.1 Å². The highest BCUT2D eigenvalue weighted by Crippen LogP contribution is 2.42. The van der Waals surface area contributed by atoms with Crippen molar-refractivity contribution in [2.45, 2.75) is 56.3 Å². The molecule has 1 aliphatic rings. The van der Waals surface area contributed by atoms with Gasteiger partial charge in [0, 0.05) is 18.4 Å². The number of hydrogen-bond acceptors (Lipinski definition) is 4. The van der Waals surface area contributed by atoms with Gasteiger partial charge in [0.25, 0.3) is 0 Å². The van der Waals surface area contributed by atoms with E-state index in [1.54, 1.807) is 18.2 Å². The maximum absolute atomic E-state index is 11.8. The minimum absolute atomic E-state index is 0.226. The van der Waals surface area contributed by atoms with E-state index in [-0.39, 0.29) is 6.61 Å². The number of fused-ring (bicyclic) bond motifs is 1. The Morgan fingerprint density at radius 2 is 1.66 bits per heavy atom. The van der Waals surface area contributed by atoms with E-state index >= 15 is 0 Å². The molecule has 156 valence electrons. The van der Waals surface area contributed by atoms with Crippen LogP contribution in [0.1, 0.15) is 61.6 Å². The number of benzene rings is 2. The van der Waals surface area contributed by atoms with Crippen LogP contribution < -0.4 is 0 Å². The van der Waals surface area contributed by atoms with E-state index in [0.29, 0.717) is 10.6 Å². The predicted octanol–water partition coefficient (Wildman–Crippen LogP) is 4.99. The number of phenolic OH excluding ortho intramolecular Hbond substituents is 1. The van der Waals surface area contributed by atoms with Crippen LogP contribution in [-0.4, -0.2) is 31.5 Å². The Kier molecular flexibility index (Phi) is 7.14. The Morgan fingerprint density at radius 3 is 2.34 bits per heavy atom. The number of allylic oxidation sites excluding steroid dienone is 2. The molecule has 0 spiro atoms. The van der Waals surface area contributed by atoms with Crippen LogP contribution in [0.3, 0.4) is 0 Å². The van der Waals surface area contributed by atoms with Crippen molar-refractivity contribution < 1.29 is 18.6 Å². The molecule has 0 unspecified atom stereocenters. The summed E-state index contributed by atoms with van der Waals surface area (Å²) in [6, 6.07) is 12.9. The van der Waals surface area contributed by atoms with E-state index in [4.69, 9.17) is 5.11 Å². The standard InChI is InChI=1S/C24H30O4S/c1-29(27,28)20-15-13-18(14-16-20)21-11-6-8-19-9-7-12-23(26)24(19)22(21)10-4-2-3-5-17-25/h7,9,12-16,25-26H,2-6,8,10-11,17H2,1H3. The second-order valence-corrected chi connectivity index (χ2v) is 9.82. The highest BCUT2D eigenvalue weighted by Gasteiger charge is 2.21. The van der Waals surface area contributed by atoms with Crippen molar-refractivity contribution in [3.8, 4) is 5.75 Å². The van der Waals surface area contributed by atoms with Crippen molar-refractivity contribution in [2.24, 2.45) is 0 Å². The van der Waals surface area contributed by atoms with Crippen molar-refractivity contribution in [3.05, 3.63) is 59.2 Å². The molecule has 3 rings (SSSR count). The predicted molar refractivity (Wildman–Crippen MR) is 118 cm³/mol. The summed E-state index contributed by atoms with van der Waals surface area (Å²) in [6.07, 6.45) is 8.74. The first-order valence-corrected chi connectivity index (χ1v) is 12.3. The minimum atomic E-state index is -3.23. The normalized spacial score (nSPS) is 14.6. The summed E-state index contributed by atoms with van der Waals surface area (Å²) in [5.41, 5.74) is 5.53. The third kappa shape index (κ3) is 5.28. The molecule has 0 radical (unpaired) electrons. The SMILES string of the molecule is CS(=O)(=O)c1ccc(C2=C(CCCCCCO)c3c(O)cccc3CCC2)cc1. The molecule has 2 aromatic rings. The maximum Gasteiger partial charge on any atom is 0.175 e. The van der Waals surface area contributed by atoms with Gasteiger partial charge in [-0.3, -0.25) is 0 Å². The number of aromatic hydroxyl groups is 1. The molecule has 0 heterocycles. The molecule has 2 aromatic carbocycles. The number of rotatable bonds is 8. The lowest BCUT2D eigenvalue weighted by molar-refractivity contribution is 0.282. The molecule has 0 aromatic heterocycles. The second kappa shape index (κ2) is 9.59. The lowest BCUT2D eigenvalue weighted by Crippen LogP contribution is -1.98. The van der Waals surface area contributed by atoms with Crippen molar-refractivity contribution in [3.63, 3.8) is 0 Å². The van der Waals surface area contributed by atoms with Gasteiger partial charge >= 0.3 is 0 Å². The van der Waals surface area contributed by atoms with E-state index in [1.807, 2.05) is 18.2 Å². The van der Waals surface area contributed by atoms with E-state index in [2.05, 4.69) is 6.07 Å². The summed E-state index contributed by atoms with van der Waals surface area (Å²) in [5.74, 6) is 0.319. The lowest BCUT2D eigenvalue weighted by Gasteiger charge is -2.17. The molecule has 0 saturated carbocycles. The summed E-state index contributed by atoms with van der Waals surface area (Å²) >= 11 is 0. The van der Waals surface area contributed by atoms with Crippen LogP contribution in [0.4, 0.5) is 0 Å². The number of sulfone groups is 1. The van der Waals surface area contributed by atoms with Crippen LogP contribution in [0.5, 0.6) is 5.75 Å². The van der Waals surface area contributed by atoms with Gasteiger partial charge in [-0.05, 0) is 79.0 Å². The van der Waals surface area contributed by atoms with Gasteiger partial charge in [0.2, 0.25) is 0 Å². The zero-order chi connectivity index (χ0) is 20.9. The molecule has 0 bridgehead atoms. The zero-order valence-electron chi connectivity index (χ0n) is 17.0. The Morgan fingerprint density at radius 1 is 0.931 bits per heavy atom. The van der Waals surface area contributed by atoms with E-state index < -0.39 is 9.84 Å². The fourth-order valence-electron chi connectivity index (χ4n) is 4.17. The van der Waals surface area contributed by atoms with E-state index in [9.17, 15) is 13.5 Å². The summed E-state index contributed by atoms with van der Waals surface area (Å²) < 4.78 is 23.6. The third-order valence-corrected chi connectivity index (χ3v) is 6.76. The molecule has 0 aliphatic heterocycles. The fourth-order valence-corrected chi connectivity index (χ4v) is 4.80. The van der Waals surface area contributed by atoms with Crippen molar-refractivity contribution in [2.75, 3.05) is 12.9 Å². The Bertz CT molecular complexity index is 972. The summed E-state index contributed by atoms with van der Waals surface area (Å²) in [7, 11) is -3.23. The monoisotopic (exact) mass is 414 g/mol. The quantitative estimate of drug-likeness (QED) is 0.597. The minimum Gasteiger partial charge on any atom is -0.507 e. The summed E-state index contributed by atoms with van der Waals surface area (Å²) in [5, 5.41) is 19.7. The first kappa shape index (κ1) is 21.6. The van der Waals surface area contributed by atoms with Gasteiger partial charge in [-0.1, -0.05) is 37.1 Å². The first-order valence-electron chi connectivity index (χ1n) is 10.4. The van der Waals surface area contributed by atoms with Gasteiger partial charge in [-0.25, -0.2) is 8.42 Å². The van der Waals surface area contributed by atoms with Crippen LogP contribution in [0.2, 0.25) is 0 Å². The van der Waals surface area contributed by atoms with Crippen molar-refractivity contribution >= 4 is 21.0 Å². The van der Waals surface area contributed by atoms with Gasteiger partial charge in [0.15, 0.2) is 9.84 Å². The van der Waals surface area contributed by atoms with Gasteiger partial charge < -0.3 is 10.2 Å². The van der Waals surface area contributed by atoms with Crippen LogP contribution in [-0.2, 0) is 16.3 Å². The number of aliphatic hydroxyl groups excluding tert-OH is 1. The van der Waals surface area contributed by atoms with Gasteiger partial charge in [0.1, 0.15) is 5.75 Å². The first-order chi connectivity index (χ1) is 13.9. The maximum atomic E-state index is 11.8. The zero-order valence-corrected chi connectivity index (χ0v) is 17.8. The number of unbranched alkanes of at least 4 members (excludes halogenated alkanes) is 3. The number of phenols is 1. The van der Waals surface area contributed by atoms with E-state index in [1.165, 1.54) is 23.0 Å². The largest absolute Gasteiger partial charge is 0.507 e. The van der Waals surface area contributed by atoms with Crippen molar-refractivity contribution in [1.29, 1.82) is 0 Å². The molecular weight excluding hydrogens is 384 g/mol. The average Bonchev–Trinajstić information content (AvgIpc) is 2.88. The third-order valence-electron chi connectivity index (χ3n) is 5.63. The molecule has 1 aliphatic carbocycles. The highest BCUT2D eigenvalue weighted by molar-refractivity contribution is 7.90. The summed E-state index contributed by atoms with van der Waals surface area (Å²) in [4.78, 5) is 0.323. The Balaban J connectivity index is 2.02. The van der Waals surface area contributed by atoms with E-state index in [0.717, 1.165) is 62.5 Å². The smallest absolute Gasteiger partial charge is 0.175 e. The molecule has 0 fully saturated rings. The molecule has 5 heteroatoms. The van der Waals surface area contributed by atoms with Crippen LogP contribution in [0.15, 0.2) is 47.4 Å². The molecule has 0 saturated heterocycles. The summed E-state index contributed by atoms with van der Waals surface area (Å²) in [6.45, 7) is 0.226. The second-order valence-electron chi connectivity index (χ2n) is 7.81. The molecular formula is C24H30O4S. The number of aryl methyl sites for hydroxylation is 1. The fraction of sp³-hybridized carbons (Fsp3) is 0.417. The Hall–Kier alpha value is -2.11. The molecule has 0 atom stereocenters. The van der Waals surface area contributed by atoms with Gasteiger partial charge in [0.05, 0.1) is 4.90 Å². The Labute approximate surface area is 173 Å². The number of hydrogen-bond donors (Lipinski definition) is 2. The number of aliphatic hydroxyl groups is 1. The van der Waals surface area contributed by atoms with Crippen LogP contribution >= 0.6 is 0 Å². The van der Waals surface area contributed by atoms with Crippen molar-refractivity contribution in [1.82, 2.24) is 0 Å². The molecule has 29 heavy (non-hydrogen) atoms. The highest BCUT2D eigenvalue weighted by atomic mass is 32.2. The lowest BCUT2D eigenvalue weighted by atomic mass is 9.88. The molecule has 2 N–H and O–H groups in total. The van der Waals surface area contributed by atoms with Crippen LogP contribution in [0, 0.1) is 0 Å². The van der Waals surface area contributed by atoms with Gasteiger partial charge in [-0.15, -0.1) is 0 Å².